The van der Waals surface area contributed by atoms with E-state index in [1.807, 2.05) is 48.5 Å². The van der Waals surface area contributed by atoms with Crippen LogP contribution in [-0.2, 0) is 0 Å². The minimum absolute atomic E-state index is 0.0354. The van der Waals surface area contributed by atoms with E-state index in [0.717, 1.165) is 22.0 Å². The van der Waals surface area contributed by atoms with Crippen molar-refractivity contribution in [3.63, 3.8) is 0 Å². The number of amides is 1. The number of nitrogens with zero attached hydrogens (tertiary/aromatic N) is 2. The summed E-state index contributed by atoms with van der Waals surface area (Å²) in [5.74, 6) is -0.0354. The van der Waals surface area contributed by atoms with Crippen molar-refractivity contribution >= 4 is 28.4 Å². The molecule has 0 fully saturated rings. The topological polar surface area (TPSA) is 33.2 Å². The molecule has 0 aliphatic carbocycles. The average Bonchev–Trinajstić information content (AvgIpc) is 2.53. The van der Waals surface area contributed by atoms with E-state index in [9.17, 15) is 4.79 Å². The van der Waals surface area contributed by atoms with Crippen LogP contribution in [0, 0.1) is 0 Å². The van der Waals surface area contributed by atoms with Crippen LogP contribution in [0.3, 0.4) is 0 Å². The van der Waals surface area contributed by atoms with Crippen LogP contribution in [-0.4, -0.2) is 29.9 Å². The number of carbonyl (C=O) groups excluding carboxylic acids is 1. The molecule has 4 heteroatoms. The lowest BCUT2D eigenvalue weighted by Crippen LogP contribution is -2.21. The molecule has 0 radical (unpaired) electrons. The van der Waals surface area contributed by atoms with Crippen molar-refractivity contribution in [2.45, 2.75) is 0 Å². The minimum Gasteiger partial charge on any atom is -0.345 e. The van der Waals surface area contributed by atoms with Gasteiger partial charge in [0.05, 0.1) is 5.52 Å². The van der Waals surface area contributed by atoms with Crippen LogP contribution in [0.25, 0.3) is 22.0 Å². The summed E-state index contributed by atoms with van der Waals surface area (Å²) in [4.78, 5) is 18.1. The van der Waals surface area contributed by atoms with Gasteiger partial charge in [-0.15, -0.1) is 0 Å². The average molecular weight is 311 g/mol. The summed E-state index contributed by atoms with van der Waals surface area (Å²) >= 11 is 6.33. The zero-order valence-electron chi connectivity index (χ0n) is 12.4. The Kier molecular flexibility index (Phi) is 3.82. The molecule has 0 aliphatic rings. The number of aromatic nitrogens is 1. The zero-order chi connectivity index (χ0) is 15.7. The number of halogens is 1. The van der Waals surface area contributed by atoms with E-state index < -0.39 is 0 Å². The third kappa shape index (κ3) is 2.68. The Labute approximate surface area is 134 Å². The lowest BCUT2D eigenvalue weighted by Gasteiger charge is -2.12. The maximum atomic E-state index is 12.1. The Morgan fingerprint density at radius 1 is 1.05 bits per heavy atom. The van der Waals surface area contributed by atoms with Gasteiger partial charge in [-0.05, 0) is 29.8 Å². The molecule has 1 amide bonds. The molecular weight excluding hydrogens is 296 g/mol. The van der Waals surface area contributed by atoms with E-state index in [1.165, 1.54) is 0 Å². The summed E-state index contributed by atoms with van der Waals surface area (Å²) < 4.78 is 0. The quantitative estimate of drug-likeness (QED) is 0.663. The summed E-state index contributed by atoms with van der Waals surface area (Å²) in [5.41, 5.74) is 3.20. The van der Waals surface area contributed by atoms with Gasteiger partial charge in [0.2, 0.25) is 0 Å². The molecule has 3 nitrogen and oxygen atoms in total. The van der Waals surface area contributed by atoms with Gasteiger partial charge in [0.15, 0.2) is 0 Å². The Balaban J connectivity index is 2.13. The van der Waals surface area contributed by atoms with Crippen LogP contribution in [0.5, 0.6) is 0 Å². The fraction of sp³-hybridized carbons (Fsp3) is 0.111. The van der Waals surface area contributed by atoms with E-state index >= 15 is 0 Å². The highest BCUT2D eigenvalue weighted by atomic mass is 35.5. The summed E-state index contributed by atoms with van der Waals surface area (Å²) in [6.07, 6.45) is 0. The van der Waals surface area contributed by atoms with Crippen LogP contribution in [0.15, 0.2) is 54.6 Å². The van der Waals surface area contributed by atoms with E-state index in [2.05, 4.69) is 4.98 Å². The predicted molar refractivity (Wildman–Crippen MR) is 90.2 cm³/mol. The number of carbonyl (C=O) groups is 1. The monoisotopic (exact) mass is 310 g/mol. The molecule has 0 saturated carbocycles. The Hall–Kier alpha value is -2.39. The number of hydrogen-bond donors (Lipinski definition) is 0. The highest BCUT2D eigenvalue weighted by Gasteiger charge is 2.12. The van der Waals surface area contributed by atoms with Crippen molar-refractivity contribution in [1.29, 1.82) is 0 Å². The molecule has 3 rings (SSSR count). The Bertz CT molecular complexity index is 859. The van der Waals surface area contributed by atoms with Gasteiger partial charge in [-0.2, -0.15) is 0 Å². The molecule has 1 heterocycles. The smallest absolute Gasteiger partial charge is 0.253 e. The molecular formula is C18H15ClN2O. The van der Waals surface area contributed by atoms with Crippen LogP contribution < -0.4 is 0 Å². The fourth-order valence-corrected chi connectivity index (χ4v) is 2.63. The van der Waals surface area contributed by atoms with Gasteiger partial charge in [0, 0.05) is 30.6 Å². The molecule has 0 atom stereocenters. The molecule has 3 aromatic rings. The number of hydrogen-bond acceptors (Lipinski definition) is 2. The summed E-state index contributed by atoms with van der Waals surface area (Å²) in [5, 5.41) is 1.46. The molecule has 110 valence electrons. The van der Waals surface area contributed by atoms with Crippen molar-refractivity contribution < 1.29 is 4.79 Å². The number of para-hydroxylation sites is 1. The van der Waals surface area contributed by atoms with E-state index in [4.69, 9.17) is 11.6 Å². The van der Waals surface area contributed by atoms with Gasteiger partial charge in [0.25, 0.3) is 5.91 Å². The largest absolute Gasteiger partial charge is 0.345 e. The Morgan fingerprint density at radius 3 is 2.59 bits per heavy atom. The van der Waals surface area contributed by atoms with E-state index in [1.54, 1.807) is 25.1 Å². The minimum atomic E-state index is -0.0354. The van der Waals surface area contributed by atoms with Gasteiger partial charge in [-0.25, -0.2) is 4.98 Å². The maximum absolute atomic E-state index is 12.1. The number of pyridine rings is 1. The molecule has 2 aromatic carbocycles. The summed E-state index contributed by atoms with van der Waals surface area (Å²) in [6, 6.07) is 17.3. The van der Waals surface area contributed by atoms with Gasteiger partial charge < -0.3 is 4.90 Å². The summed E-state index contributed by atoms with van der Waals surface area (Å²) in [6.45, 7) is 0. The molecule has 0 unspecified atom stereocenters. The second-order valence-electron chi connectivity index (χ2n) is 5.30. The standard InChI is InChI=1S/C18H15ClN2O/c1-21(2)18(22)14-8-5-7-12(10-14)15-11-13-6-3-4-9-16(13)20-17(15)19/h3-11H,1-2H3. The molecule has 0 bridgehead atoms. The highest BCUT2D eigenvalue weighted by Crippen LogP contribution is 2.30. The molecule has 0 spiro atoms. The van der Waals surface area contributed by atoms with Crippen LogP contribution in [0.2, 0.25) is 5.15 Å². The van der Waals surface area contributed by atoms with Gasteiger partial charge in [-0.1, -0.05) is 41.9 Å². The Morgan fingerprint density at radius 2 is 1.82 bits per heavy atom. The first kappa shape index (κ1) is 14.5. The van der Waals surface area contributed by atoms with Crippen molar-refractivity contribution in [3.05, 3.63) is 65.3 Å². The van der Waals surface area contributed by atoms with Gasteiger partial charge in [0.1, 0.15) is 5.15 Å². The third-order valence-corrected chi connectivity index (χ3v) is 3.79. The maximum Gasteiger partial charge on any atom is 0.253 e. The second-order valence-corrected chi connectivity index (χ2v) is 5.66. The molecule has 22 heavy (non-hydrogen) atoms. The molecule has 1 aromatic heterocycles. The third-order valence-electron chi connectivity index (χ3n) is 3.50. The fourth-order valence-electron chi connectivity index (χ4n) is 2.37. The lowest BCUT2D eigenvalue weighted by atomic mass is 10.0. The van der Waals surface area contributed by atoms with Crippen LogP contribution in [0.4, 0.5) is 0 Å². The van der Waals surface area contributed by atoms with Crippen molar-refractivity contribution in [2.75, 3.05) is 14.1 Å². The van der Waals surface area contributed by atoms with Crippen LogP contribution in [0.1, 0.15) is 10.4 Å². The van der Waals surface area contributed by atoms with Crippen molar-refractivity contribution in [3.8, 4) is 11.1 Å². The molecule has 0 aliphatic heterocycles. The van der Waals surface area contributed by atoms with Crippen LogP contribution >= 0.6 is 11.6 Å². The van der Waals surface area contributed by atoms with Crippen molar-refractivity contribution in [1.82, 2.24) is 9.88 Å². The molecule has 0 N–H and O–H groups in total. The zero-order valence-corrected chi connectivity index (χ0v) is 13.1. The number of rotatable bonds is 2. The highest BCUT2D eigenvalue weighted by molar-refractivity contribution is 6.32. The summed E-state index contributed by atoms with van der Waals surface area (Å²) in [7, 11) is 3.47. The first-order valence-corrected chi connectivity index (χ1v) is 7.31. The predicted octanol–water partition coefficient (Wildman–Crippen LogP) is 4.26. The van der Waals surface area contributed by atoms with E-state index in [0.29, 0.717) is 10.7 Å². The van der Waals surface area contributed by atoms with E-state index in [-0.39, 0.29) is 5.91 Å². The number of benzene rings is 2. The first-order chi connectivity index (χ1) is 10.6. The lowest BCUT2D eigenvalue weighted by molar-refractivity contribution is 0.0827. The van der Waals surface area contributed by atoms with Crippen molar-refractivity contribution in [2.24, 2.45) is 0 Å². The number of fused-ring (bicyclic) bond motifs is 1. The second kappa shape index (κ2) is 5.78. The van der Waals surface area contributed by atoms with Gasteiger partial charge in [-0.3, -0.25) is 4.79 Å². The normalized spacial score (nSPS) is 10.7. The SMILES string of the molecule is CN(C)C(=O)c1cccc(-c2cc3ccccc3nc2Cl)c1. The first-order valence-electron chi connectivity index (χ1n) is 6.93. The molecule has 0 saturated heterocycles. The van der Waals surface area contributed by atoms with Gasteiger partial charge >= 0.3 is 0 Å².